The van der Waals surface area contributed by atoms with E-state index in [4.69, 9.17) is 4.74 Å². The average Bonchev–Trinajstić information content (AvgIpc) is 3.46. The van der Waals surface area contributed by atoms with E-state index in [9.17, 15) is 9.59 Å². The van der Waals surface area contributed by atoms with E-state index in [1.807, 2.05) is 44.2 Å². The topological polar surface area (TPSA) is 123 Å². The Labute approximate surface area is 226 Å². The molecule has 0 bridgehead atoms. The van der Waals surface area contributed by atoms with Crippen LogP contribution in [0.3, 0.4) is 0 Å². The minimum absolute atomic E-state index is 0.197. The summed E-state index contributed by atoms with van der Waals surface area (Å²) in [5.41, 5.74) is 4.51. The molecular weight excluding hydrogens is 494 g/mol. The van der Waals surface area contributed by atoms with Gasteiger partial charge in [0.05, 0.1) is 12.3 Å². The number of nitrogens with zero attached hydrogens (tertiary/aromatic N) is 4. The molecule has 0 spiro atoms. The fourth-order valence-electron chi connectivity index (χ4n) is 4.44. The molecule has 2 aromatic carbocycles. The van der Waals surface area contributed by atoms with Crippen molar-refractivity contribution in [2.45, 2.75) is 20.3 Å². The van der Waals surface area contributed by atoms with Crippen molar-refractivity contribution in [2.24, 2.45) is 13.0 Å². The lowest BCUT2D eigenvalue weighted by molar-refractivity contribution is 0.102. The standard InChI is InChI=1S/C29H31N7O3/c1-18-7-9-21(10-8-18)27(37)33-23-6-4-5-22(19(23)2)24-15-25(28(38)36(3)35-24)32-26-12-14-31-29(34-26)39-17-20-11-13-30-16-20/h4-10,12,14-15,20,30H,11,13,16-17H2,1-3H3,(H,33,37)(H,31,32,34). The SMILES string of the molecule is Cc1ccc(C(=O)Nc2cccc(-c3cc(Nc4ccnc(OCC5CCNC5)n4)c(=O)n(C)n3)c2C)cc1. The smallest absolute Gasteiger partial charge is 0.318 e. The Kier molecular flexibility index (Phi) is 7.64. The monoisotopic (exact) mass is 525 g/mol. The number of rotatable bonds is 8. The number of nitrogens with one attached hydrogen (secondary N) is 3. The number of anilines is 3. The molecule has 5 rings (SSSR count). The molecule has 200 valence electrons. The first-order valence-corrected chi connectivity index (χ1v) is 12.9. The molecule has 1 unspecified atom stereocenters. The molecule has 10 heteroatoms. The summed E-state index contributed by atoms with van der Waals surface area (Å²) in [4.78, 5) is 34.4. The van der Waals surface area contributed by atoms with E-state index in [1.165, 1.54) is 4.68 Å². The lowest BCUT2D eigenvalue weighted by Crippen LogP contribution is -2.23. The highest BCUT2D eigenvalue weighted by Crippen LogP contribution is 2.29. The number of aryl methyl sites for hydroxylation is 2. The van der Waals surface area contributed by atoms with Crippen LogP contribution >= 0.6 is 0 Å². The Morgan fingerprint density at radius 2 is 1.95 bits per heavy atom. The van der Waals surface area contributed by atoms with Gasteiger partial charge in [-0.1, -0.05) is 29.8 Å². The van der Waals surface area contributed by atoms with Crippen molar-refractivity contribution in [1.29, 1.82) is 0 Å². The summed E-state index contributed by atoms with van der Waals surface area (Å²) < 4.78 is 7.06. The molecule has 1 aliphatic rings. The molecule has 10 nitrogen and oxygen atoms in total. The average molecular weight is 526 g/mol. The Morgan fingerprint density at radius 3 is 2.72 bits per heavy atom. The summed E-state index contributed by atoms with van der Waals surface area (Å²) in [7, 11) is 1.60. The van der Waals surface area contributed by atoms with Gasteiger partial charge in [0.2, 0.25) is 0 Å². The second kappa shape index (κ2) is 11.4. The zero-order valence-electron chi connectivity index (χ0n) is 22.2. The van der Waals surface area contributed by atoms with Crippen LogP contribution in [0.2, 0.25) is 0 Å². The first-order valence-electron chi connectivity index (χ1n) is 12.9. The summed E-state index contributed by atoms with van der Waals surface area (Å²) in [6.07, 6.45) is 2.65. The summed E-state index contributed by atoms with van der Waals surface area (Å²) in [6.45, 7) is 6.34. The molecule has 4 aromatic rings. The molecule has 0 saturated carbocycles. The minimum atomic E-state index is -0.307. The normalized spacial score (nSPS) is 14.7. The number of carbonyl (C=O) groups excluding carboxylic acids is 1. The third-order valence-corrected chi connectivity index (χ3v) is 6.74. The van der Waals surface area contributed by atoms with Gasteiger partial charge in [0.25, 0.3) is 11.5 Å². The quantitative estimate of drug-likeness (QED) is 0.317. The number of amides is 1. The van der Waals surface area contributed by atoms with Crippen molar-refractivity contribution in [2.75, 3.05) is 30.3 Å². The van der Waals surface area contributed by atoms with E-state index < -0.39 is 0 Å². The van der Waals surface area contributed by atoms with Crippen molar-refractivity contribution >= 4 is 23.1 Å². The predicted molar refractivity (Wildman–Crippen MR) is 151 cm³/mol. The van der Waals surface area contributed by atoms with Crippen LogP contribution < -0.4 is 26.2 Å². The number of hydrogen-bond acceptors (Lipinski definition) is 8. The zero-order chi connectivity index (χ0) is 27.4. The van der Waals surface area contributed by atoms with Gasteiger partial charge >= 0.3 is 6.01 Å². The second-order valence-electron chi connectivity index (χ2n) is 9.69. The molecule has 39 heavy (non-hydrogen) atoms. The van der Waals surface area contributed by atoms with Gasteiger partial charge in [0.1, 0.15) is 11.5 Å². The van der Waals surface area contributed by atoms with Crippen molar-refractivity contribution in [3.8, 4) is 17.3 Å². The number of hydrogen-bond donors (Lipinski definition) is 3. The van der Waals surface area contributed by atoms with Crippen LogP contribution in [0.25, 0.3) is 11.3 Å². The van der Waals surface area contributed by atoms with Gasteiger partial charge in [-0.15, -0.1) is 0 Å². The maximum absolute atomic E-state index is 12.9. The highest BCUT2D eigenvalue weighted by Gasteiger charge is 2.17. The molecular formula is C29H31N7O3. The summed E-state index contributed by atoms with van der Waals surface area (Å²) in [5, 5.41) is 13.9. The van der Waals surface area contributed by atoms with Crippen LogP contribution in [-0.2, 0) is 7.05 Å². The Balaban J connectivity index is 1.37. The molecule has 2 aromatic heterocycles. The maximum Gasteiger partial charge on any atom is 0.318 e. The van der Waals surface area contributed by atoms with Crippen LogP contribution in [0.4, 0.5) is 17.2 Å². The predicted octanol–water partition coefficient (Wildman–Crippen LogP) is 3.84. The molecule has 1 saturated heterocycles. The Bertz CT molecular complexity index is 1540. The minimum Gasteiger partial charge on any atom is -0.463 e. The van der Waals surface area contributed by atoms with Gasteiger partial charge in [-0.25, -0.2) is 9.67 Å². The van der Waals surface area contributed by atoms with Gasteiger partial charge in [-0.3, -0.25) is 9.59 Å². The molecule has 0 radical (unpaired) electrons. The Morgan fingerprint density at radius 1 is 1.13 bits per heavy atom. The summed E-state index contributed by atoms with van der Waals surface area (Å²) >= 11 is 0. The van der Waals surface area contributed by atoms with Gasteiger partial charge < -0.3 is 20.7 Å². The summed E-state index contributed by atoms with van der Waals surface area (Å²) in [5.74, 6) is 0.674. The fraction of sp³-hybridized carbons (Fsp3) is 0.276. The van der Waals surface area contributed by atoms with Crippen molar-refractivity contribution in [3.63, 3.8) is 0 Å². The third-order valence-electron chi connectivity index (χ3n) is 6.74. The highest BCUT2D eigenvalue weighted by atomic mass is 16.5. The molecule has 1 aliphatic heterocycles. The summed E-state index contributed by atoms with van der Waals surface area (Å²) in [6, 6.07) is 16.6. The number of ether oxygens (including phenoxy) is 1. The van der Waals surface area contributed by atoms with E-state index in [1.54, 1.807) is 37.5 Å². The molecule has 1 atom stereocenters. The van der Waals surface area contributed by atoms with Gasteiger partial charge in [-0.05, 0) is 62.7 Å². The van der Waals surface area contributed by atoms with Gasteiger partial charge in [0, 0.05) is 42.5 Å². The largest absolute Gasteiger partial charge is 0.463 e. The van der Waals surface area contributed by atoms with Crippen LogP contribution in [0, 0.1) is 19.8 Å². The van der Waals surface area contributed by atoms with Crippen LogP contribution in [0.5, 0.6) is 6.01 Å². The Hall–Kier alpha value is -4.57. The van der Waals surface area contributed by atoms with E-state index >= 15 is 0 Å². The second-order valence-corrected chi connectivity index (χ2v) is 9.69. The van der Waals surface area contributed by atoms with Crippen LogP contribution in [0.15, 0.2) is 65.6 Å². The molecule has 1 amide bonds. The molecule has 3 N–H and O–H groups in total. The van der Waals surface area contributed by atoms with Crippen LogP contribution in [0.1, 0.15) is 27.9 Å². The fourth-order valence-corrected chi connectivity index (χ4v) is 4.44. The first-order chi connectivity index (χ1) is 18.9. The van der Waals surface area contributed by atoms with Crippen LogP contribution in [-0.4, -0.2) is 45.4 Å². The van der Waals surface area contributed by atoms with E-state index in [0.29, 0.717) is 41.0 Å². The lowest BCUT2D eigenvalue weighted by atomic mass is 10.0. The van der Waals surface area contributed by atoms with Crippen molar-refractivity contribution < 1.29 is 9.53 Å². The maximum atomic E-state index is 12.9. The van der Waals surface area contributed by atoms with E-state index in [-0.39, 0.29) is 17.5 Å². The highest BCUT2D eigenvalue weighted by molar-refractivity contribution is 6.05. The molecule has 3 heterocycles. The number of aromatic nitrogens is 4. The van der Waals surface area contributed by atoms with Gasteiger partial charge in [0.15, 0.2) is 0 Å². The van der Waals surface area contributed by atoms with Crippen molar-refractivity contribution in [1.82, 2.24) is 25.1 Å². The van der Waals surface area contributed by atoms with Gasteiger partial charge in [-0.2, -0.15) is 10.1 Å². The number of benzene rings is 2. The number of carbonyl (C=O) groups is 1. The van der Waals surface area contributed by atoms with E-state index in [2.05, 4.69) is 31.0 Å². The third kappa shape index (κ3) is 6.12. The molecule has 1 fully saturated rings. The van der Waals surface area contributed by atoms with Crippen molar-refractivity contribution in [3.05, 3.63) is 87.8 Å². The lowest BCUT2D eigenvalue weighted by Gasteiger charge is -2.14. The van der Waals surface area contributed by atoms with E-state index in [0.717, 1.165) is 36.2 Å². The zero-order valence-corrected chi connectivity index (χ0v) is 22.2. The molecule has 0 aliphatic carbocycles. The first kappa shape index (κ1) is 26.1.